The summed E-state index contributed by atoms with van der Waals surface area (Å²) in [7, 11) is 0. The lowest BCUT2D eigenvalue weighted by atomic mass is 10.1. The Balaban J connectivity index is 2.16. The van der Waals surface area contributed by atoms with Crippen molar-refractivity contribution in [1.82, 2.24) is 10.3 Å². The molecule has 0 aliphatic rings. The summed E-state index contributed by atoms with van der Waals surface area (Å²) in [6.45, 7) is 3.20. The first kappa shape index (κ1) is 20.0. The minimum absolute atomic E-state index is 0.00921. The van der Waals surface area contributed by atoms with Crippen LogP contribution < -0.4 is 5.32 Å². The molecule has 144 valence electrons. The van der Waals surface area contributed by atoms with Gasteiger partial charge >= 0.3 is 11.9 Å². The molecule has 0 aliphatic carbocycles. The van der Waals surface area contributed by atoms with E-state index in [0.29, 0.717) is 0 Å². The Labute approximate surface area is 155 Å². The van der Waals surface area contributed by atoms with E-state index in [0.717, 1.165) is 16.5 Å². The molecule has 9 nitrogen and oxygen atoms in total. The maximum absolute atomic E-state index is 12.4. The Morgan fingerprint density at radius 1 is 1.15 bits per heavy atom. The number of oxime groups is 1. The van der Waals surface area contributed by atoms with Gasteiger partial charge in [-0.25, -0.2) is 9.59 Å². The largest absolute Gasteiger partial charge is 0.464 e. The van der Waals surface area contributed by atoms with Gasteiger partial charge < -0.3 is 25.0 Å². The fraction of sp³-hybridized carbons (Fsp3) is 0.333. The first-order chi connectivity index (χ1) is 13.0. The Kier molecular flexibility index (Phi) is 6.93. The molecule has 2 rings (SSSR count). The predicted octanol–water partition coefficient (Wildman–Crippen LogP) is 1.15. The van der Waals surface area contributed by atoms with E-state index in [1.165, 1.54) is 0 Å². The van der Waals surface area contributed by atoms with E-state index in [4.69, 9.17) is 9.47 Å². The van der Waals surface area contributed by atoms with Crippen LogP contribution in [0.5, 0.6) is 0 Å². The van der Waals surface area contributed by atoms with Crippen molar-refractivity contribution in [3.63, 3.8) is 0 Å². The third kappa shape index (κ3) is 4.84. The Morgan fingerprint density at radius 3 is 2.37 bits per heavy atom. The van der Waals surface area contributed by atoms with Crippen LogP contribution >= 0.6 is 0 Å². The molecule has 1 aromatic heterocycles. The molecule has 27 heavy (non-hydrogen) atoms. The summed E-state index contributed by atoms with van der Waals surface area (Å²) in [5, 5.41) is 15.3. The van der Waals surface area contributed by atoms with Gasteiger partial charge in [-0.15, -0.1) is 0 Å². The Morgan fingerprint density at radius 2 is 1.78 bits per heavy atom. The summed E-state index contributed by atoms with van der Waals surface area (Å²) in [6.07, 6.45) is 1.68. The normalized spacial score (nSPS) is 11.4. The number of aromatic amines is 1. The van der Waals surface area contributed by atoms with Gasteiger partial charge in [0.15, 0.2) is 0 Å². The van der Waals surface area contributed by atoms with Crippen molar-refractivity contribution in [2.75, 3.05) is 13.2 Å². The first-order valence-electron chi connectivity index (χ1n) is 8.41. The lowest BCUT2D eigenvalue weighted by molar-refractivity contribution is -0.159. The highest BCUT2D eigenvalue weighted by Gasteiger charge is 2.32. The van der Waals surface area contributed by atoms with Crippen LogP contribution in [0.4, 0.5) is 0 Å². The summed E-state index contributed by atoms with van der Waals surface area (Å²) in [4.78, 5) is 39.4. The van der Waals surface area contributed by atoms with E-state index < -0.39 is 23.9 Å². The van der Waals surface area contributed by atoms with Crippen LogP contribution in [-0.4, -0.2) is 53.0 Å². The minimum Gasteiger partial charge on any atom is -0.464 e. The molecule has 0 spiro atoms. The maximum atomic E-state index is 12.4. The average Bonchev–Trinajstić information content (AvgIpc) is 3.07. The van der Waals surface area contributed by atoms with E-state index >= 15 is 0 Å². The van der Waals surface area contributed by atoms with Crippen molar-refractivity contribution in [3.05, 3.63) is 36.0 Å². The van der Waals surface area contributed by atoms with Gasteiger partial charge in [-0.05, 0) is 25.5 Å². The highest BCUT2D eigenvalue weighted by atomic mass is 16.6. The second-order valence-electron chi connectivity index (χ2n) is 5.49. The van der Waals surface area contributed by atoms with Crippen LogP contribution in [0.2, 0.25) is 0 Å². The van der Waals surface area contributed by atoms with Crippen LogP contribution in [0.25, 0.3) is 10.9 Å². The maximum Gasteiger partial charge on any atom is 0.340 e. The number of carbonyl (C=O) groups is 3. The number of benzene rings is 1. The fourth-order valence-electron chi connectivity index (χ4n) is 2.50. The Hall–Kier alpha value is -3.36. The molecule has 1 heterocycles. The monoisotopic (exact) mass is 375 g/mol. The lowest BCUT2D eigenvalue weighted by Gasteiger charge is -2.16. The molecule has 0 bridgehead atoms. The number of amides is 1. The third-order valence-electron chi connectivity index (χ3n) is 3.74. The zero-order valence-corrected chi connectivity index (χ0v) is 15.0. The molecule has 9 heteroatoms. The van der Waals surface area contributed by atoms with Gasteiger partial charge in [0.1, 0.15) is 5.71 Å². The van der Waals surface area contributed by atoms with Gasteiger partial charge in [-0.1, -0.05) is 23.4 Å². The van der Waals surface area contributed by atoms with E-state index in [9.17, 15) is 19.6 Å². The summed E-state index contributed by atoms with van der Waals surface area (Å²) >= 11 is 0. The topological polar surface area (TPSA) is 130 Å². The number of nitrogens with one attached hydrogen (secondary N) is 2. The molecule has 0 radical (unpaired) electrons. The molecule has 1 amide bonds. The summed E-state index contributed by atoms with van der Waals surface area (Å²) in [5.74, 6) is -2.78. The molecule has 3 N–H and O–H groups in total. The first-order valence-corrected chi connectivity index (χ1v) is 8.41. The number of aromatic nitrogens is 1. The summed E-state index contributed by atoms with van der Waals surface area (Å²) < 4.78 is 9.57. The van der Waals surface area contributed by atoms with Crippen LogP contribution in [0.1, 0.15) is 19.4 Å². The Bertz CT molecular complexity index is 840. The highest BCUT2D eigenvalue weighted by molar-refractivity contribution is 6.40. The van der Waals surface area contributed by atoms with Crippen molar-refractivity contribution >= 4 is 34.5 Å². The number of rotatable bonds is 8. The average molecular weight is 375 g/mol. The van der Waals surface area contributed by atoms with E-state index in [2.05, 4.69) is 15.5 Å². The standard InChI is InChI=1S/C18H21N3O6/c1-3-26-17(23)15(18(24)27-4-2)20-16(22)14(21-25)9-11-10-19-13-8-6-5-7-12(11)13/h5-8,10,15,19,25H,3-4,9H2,1-2H3,(H,20,22). The summed E-state index contributed by atoms with van der Waals surface area (Å²) in [5.41, 5.74) is 1.32. The van der Waals surface area contributed by atoms with Gasteiger partial charge in [0.2, 0.25) is 6.04 Å². The fourth-order valence-corrected chi connectivity index (χ4v) is 2.50. The van der Waals surface area contributed by atoms with Crippen molar-refractivity contribution in [2.45, 2.75) is 26.3 Å². The van der Waals surface area contributed by atoms with E-state index in [-0.39, 0.29) is 25.3 Å². The van der Waals surface area contributed by atoms with Crippen molar-refractivity contribution < 1.29 is 29.1 Å². The van der Waals surface area contributed by atoms with Gasteiger partial charge in [0.05, 0.1) is 13.2 Å². The molecule has 1 aromatic carbocycles. The number of esters is 2. The minimum atomic E-state index is -1.64. The quantitative estimate of drug-likeness (QED) is 0.209. The van der Waals surface area contributed by atoms with Crippen LogP contribution in [0.15, 0.2) is 35.6 Å². The molecule has 0 unspecified atom stereocenters. The molecule has 0 fully saturated rings. The molecule has 0 aliphatic heterocycles. The number of H-pyrrole nitrogens is 1. The van der Waals surface area contributed by atoms with Crippen molar-refractivity contribution in [3.8, 4) is 0 Å². The van der Waals surface area contributed by atoms with E-state index in [1.807, 2.05) is 24.3 Å². The van der Waals surface area contributed by atoms with E-state index in [1.54, 1.807) is 20.0 Å². The van der Waals surface area contributed by atoms with Crippen molar-refractivity contribution in [2.24, 2.45) is 5.16 Å². The zero-order chi connectivity index (χ0) is 19.8. The SMILES string of the molecule is CCOC(=O)C(NC(=O)C(Cc1c[nH]c2ccccc12)=NO)C(=O)OCC. The second-order valence-corrected chi connectivity index (χ2v) is 5.49. The molecule has 0 saturated carbocycles. The lowest BCUT2D eigenvalue weighted by Crippen LogP contribution is -2.50. The number of fused-ring (bicyclic) bond motifs is 1. The van der Waals surface area contributed by atoms with Gasteiger partial charge in [0, 0.05) is 23.5 Å². The number of hydrogen-bond acceptors (Lipinski definition) is 7. The molecular formula is C18H21N3O6. The number of ether oxygens (including phenoxy) is 2. The predicted molar refractivity (Wildman–Crippen MR) is 96.4 cm³/mol. The number of para-hydroxylation sites is 1. The van der Waals surface area contributed by atoms with Crippen LogP contribution in [0, 0.1) is 0 Å². The highest BCUT2D eigenvalue weighted by Crippen LogP contribution is 2.18. The summed E-state index contributed by atoms with van der Waals surface area (Å²) in [6, 6.07) is 5.78. The van der Waals surface area contributed by atoms with Gasteiger partial charge in [-0.2, -0.15) is 0 Å². The number of nitrogens with zero attached hydrogens (tertiary/aromatic N) is 1. The van der Waals surface area contributed by atoms with Crippen LogP contribution in [-0.2, 0) is 30.3 Å². The molecule has 0 atom stereocenters. The number of carbonyl (C=O) groups excluding carboxylic acids is 3. The zero-order valence-electron chi connectivity index (χ0n) is 15.0. The molecular weight excluding hydrogens is 354 g/mol. The molecule has 0 saturated heterocycles. The smallest absolute Gasteiger partial charge is 0.340 e. The van der Waals surface area contributed by atoms with Crippen molar-refractivity contribution in [1.29, 1.82) is 0 Å². The van der Waals surface area contributed by atoms with Gasteiger partial charge in [-0.3, -0.25) is 4.79 Å². The van der Waals surface area contributed by atoms with Gasteiger partial charge in [0.25, 0.3) is 5.91 Å². The molecule has 2 aromatic rings. The van der Waals surface area contributed by atoms with Crippen LogP contribution in [0.3, 0.4) is 0 Å². The second kappa shape index (κ2) is 9.37. The number of hydrogen-bond donors (Lipinski definition) is 3. The third-order valence-corrected chi connectivity index (χ3v) is 3.74.